The van der Waals surface area contributed by atoms with Crippen LogP contribution in [0.1, 0.15) is 5.56 Å². The number of hydrogen-bond donors (Lipinski definition) is 2. The van der Waals surface area contributed by atoms with E-state index < -0.39 is 6.09 Å². The molecule has 0 fully saturated rings. The molecule has 1 heterocycles. The van der Waals surface area contributed by atoms with Gasteiger partial charge in [-0.25, -0.2) is 9.78 Å². The van der Waals surface area contributed by atoms with Crippen LogP contribution in [0.3, 0.4) is 0 Å². The Hall–Kier alpha value is -4.31. The number of imidazole rings is 1. The minimum absolute atomic E-state index is 0.337. The molecule has 4 rings (SSSR count). The van der Waals surface area contributed by atoms with Gasteiger partial charge >= 0.3 is 6.09 Å². The van der Waals surface area contributed by atoms with E-state index in [9.17, 15) is 4.79 Å². The Balaban J connectivity index is 1.54. The number of H-pyrrole nitrogens is 1. The summed E-state index contributed by atoms with van der Waals surface area (Å²) in [5.74, 6) is 2.33. The SMILES string of the molecule is N#Cc1ccc(Oc2ccc(-c3nc4cc(OC(N)=O)ccc4[nH]3)cc2)cc1. The minimum Gasteiger partial charge on any atom is -0.457 e. The third-order valence-corrected chi connectivity index (χ3v) is 4.02. The Morgan fingerprint density at radius 3 is 2.25 bits per heavy atom. The number of fused-ring (bicyclic) bond motifs is 1. The molecule has 7 heteroatoms. The van der Waals surface area contributed by atoms with E-state index in [-0.39, 0.29) is 0 Å². The Morgan fingerprint density at radius 2 is 1.61 bits per heavy atom. The van der Waals surface area contributed by atoms with Crippen LogP contribution >= 0.6 is 0 Å². The predicted octanol–water partition coefficient (Wildman–Crippen LogP) is 4.35. The summed E-state index contributed by atoms with van der Waals surface area (Å²) < 4.78 is 10.7. The standard InChI is InChI=1S/C21H14N4O3/c22-12-13-1-5-15(6-2-13)27-16-7-3-14(4-8-16)20-24-18-10-9-17(28-21(23)26)11-19(18)25-20/h1-11H,(H2,23,26)(H,24,25). The van der Waals surface area contributed by atoms with Gasteiger partial charge in [0.05, 0.1) is 22.7 Å². The first kappa shape index (κ1) is 17.1. The first-order valence-corrected chi connectivity index (χ1v) is 8.36. The summed E-state index contributed by atoms with van der Waals surface area (Å²) in [4.78, 5) is 18.6. The van der Waals surface area contributed by atoms with Gasteiger partial charge in [-0.05, 0) is 60.7 Å². The Kier molecular flexibility index (Phi) is 4.36. The number of nitrogens with one attached hydrogen (secondary N) is 1. The van der Waals surface area contributed by atoms with Crippen molar-refractivity contribution in [2.45, 2.75) is 0 Å². The lowest BCUT2D eigenvalue weighted by Gasteiger charge is -2.06. The van der Waals surface area contributed by atoms with Crippen LogP contribution in [0.2, 0.25) is 0 Å². The number of aromatic amines is 1. The number of carbonyl (C=O) groups excluding carboxylic acids is 1. The Bertz CT molecular complexity index is 1190. The van der Waals surface area contributed by atoms with Crippen LogP contribution in [-0.4, -0.2) is 16.1 Å². The van der Waals surface area contributed by atoms with Gasteiger partial charge in [0, 0.05) is 11.6 Å². The third kappa shape index (κ3) is 3.61. The van der Waals surface area contributed by atoms with E-state index in [1.807, 2.05) is 24.3 Å². The highest BCUT2D eigenvalue weighted by Gasteiger charge is 2.08. The van der Waals surface area contributed by atoms with Gasteiger partial charge in [0.15, 0.2) is 0 Å². The van der Waals surface area contributed by atoms with Crippen LogP contribution in [-0.2, 0) is 0 Å². The molecule has 4 aromatic rings. The molecular weight excluding hydrogens is 356 g/mol. The number of nitrogens with zero attached hydrogens (tertiary/aromatic N) is 2. The Labute approximate surface area is 160 Å². The summed E-state index contributed by atoms with van der Waals surface area (Å²) in [5.41, 5.74) is 7.96. The second-order valence-corrected chi connectivity index (χ2v) is 5.95. The summed E-state index contributed by atoms with van der Waals surface area (Å²) in [6.45, 7) is 0. The van der Waals surface area contributed by atoms with Gasteiger partial charge in [-0.1, -0.05) is 0 Å². The number of amides is 1. The number of hydrogen-bond acceptors (Lipinski definition) is 5. The van der Waals surface area contributed by atoms with Crippen LogP contribution in [0.25, 0.3) is 22.4 Å². The van der Waals surface area contributed by atoms with Crippen LogP contribution in [0.5, 0.6) is 17.2 Å². The average molecular weight is 370 g/mol. The lowest BCUT2D eigenvalue weighted by Crippen LogP contribution is -2.16. The maximum atomic E-state index is 10.9. The molecule has 0 bridgehead atoms. The van der Waals surface area contributed by atoms with Gasteiger partial charge in [-0.15, -0.1) is 0 Å². The maximum absolute atomic E-state index is 10.9. The molecule has 0 atom stereocenters. The van der Waals surface area contributed by atoms with Gasteiger partial charge < -0.3 is 20.2 Å². The topological polar surface area (TPSA) is 114 Å². The fraction of sp³-hybridized carbons (Fsp3) is 0. The highest BCUT2D eigenvalue weighted by atomic mass is 16.5. The molecule has 0 aliphatic carbocycles. The zero-order valence-corrected chi connectivity index (χ0v) is 14.5. The number of benzene rings is 3. The van der Waals surface area contributed by atoms with Gasteiger partial charge in [-0.3, -0.25) is 0 Å². The highest BCUT2D eigenvalue weighted by molar-refractivity contribution is 5.81. The Morgan fingerprint density at radius 1 is 0.964 bits per heavy atom. The van der Waals surface area contributed by atoms with Crippen LogP contribution in [0.4, 0.5) is 4.79 Å². The summed E-state index contributed by atoms with van der Waals surface area (Å²) in [6, 6.07) is 21.5. The van der Waals surface area contributed by atoms with Gasteiger partial charge in [0.2, 0.25) is 0 Å². The molecule has 0 saturated carbocycles. The zero-order valence-electron chi connectivity index (χ0n) is 14.5. The van der Waals surface area contributed by atoms with Gasteiger partial charge in [0.1, 0.15) is 23.1 Å². The molecule has 3 aromatic carbocycles. The summed E-state index contributed by atoms with van der Waals surface area (Å²) in [6.07, 6.45) is -0.868. The molecule has 1 aromatic heterocycles. The average Bonchev–Trinajstić information content (AvgIpc) is 3.12. The molecule has 0 spiro atoms. The third-order valence-electron chi connectivity index (χ3n) is 4.02. The molecule has 0 aliphatic heterocycles. The van der Waals surface area contributed by atoms with Crippen LogP contribution < -0.4 is 15.2 Å². The van der Waals surface area contributed by atoms with E-state index in [0.717, 1.165) is 11.1 Å². The quantitative estimate of drug-likeness (QED) is 0.554. The van der Waals surface area contributed by atoms with Crippen molar-refractivity contribution < 1.29 is 14.3 Å². The van der Waals surface area contributed by atoms with Crippen molar-refractivity contribution in [3.05, 3.63) is 72.3 Å². The summed E-state index contributed by atoms with van der Waals surface area (Å²) in [7, 11) is 0. The largest absolute Gasteiger partial charge is 0.457 e. The molecular formula is C21H14N4O3. The lowest BCUT2D eigenvalue weighted by molar-refractivity contribution is 0.211. The molecule has 0 unspecified atom stereocenters. The molecule has 28 heavy (non-hydrogen) atoms. The smallest absolute Gasteiger partial charge is 0.409 e. The monoisotopic (exact) mass is 370 g/mol. The van der Waals surface area contributed by atoms with Crippen molar-refractivity contribution in [1.82, 2.24) is 9.97 Å². The van der Waals surface area contributed by atoms with Crippen molar-refractivity contribution in [2.24, 2.45) is 5.73 Å². The second kappa shape index (κ2) is 7.13. The number of aromatic nitrogens is 2. The van der Waals surface area contributed by atoms with E-state index in [0.29, 0.717) is 34.2 Å². The fourth-order valence-electron chi connectivity index (χ4n) is 2.72. The van der Waals surface area contributed by atoms with Crippen molar-refractivity contribution >= 4 is 17.1 Å². The van der Waals surface area contributed by atoms with Crippen molar-refractivity contribution in [3.63, 3.8) is 0 Å². The van der Waals surface area contributed by atoms with Gasteiger partial charge in [0.25, 0.3) is 0 Å². The second-order valence-electron chi connectivity index (χ2n) is 5.95. The molecule has 1 amide bonds. The first-order valence-electron chi connectivity index (χ1n) is 8.36. The number of nitriles is 1. The van der Waals surface area contributed by atoms with Crippen molar-refractivity contribution in [3.8, 4) is 34.7 Å². The van der Waals surface area contributed by atoms with E-state index in [4.69, 9.17) is 20.5 Å². The molecule has 3 N–H and O–H groups in total. The molecule has 136 valence electrons. The van der Waals surface area contributed by atoms with E-state index in [1.54, 1.807) is 42.5 Å². The summed E-state index contributed by atoms with van der Waals surface area (Å²) >= 11 is 0. The van der Waals surface area contributed by atoms with Crippen molar-refractivity contribution in [1.29, 1.82) is 5.26 Å². The van der Waals surface area contributed by atoms with Crippen LogP contribution in [0.15, 0.2) is 66.7 Å². The first-order chi connectivity index (χ1) is 13.6. The van der Waals surface area contributed by atoms with E-state index >= 15 is 0 Å². The molecule has 0 aliphatic rings. The molecule has 7 nitrogen and oxygen atoms in total. The molecule has 0 saturated heterocycles. The normalized spacial score (nSPS) is 10.4. The van der Waals surface area contributed by atoms with Crippen molar-refractivity contribution in [2.75, 3.05) is 0 Å². The number of nitrogens with two attached hydrogens (primary N) is 1. The number of ether oxygens (including phenoxy) is 2. The number of primary amides is 1. The fourth-order valence-corrected chi connectivity index (χ4v) is 2.72. The molecule has 0 radical (unpaired) electrons. The minimum atomic E-state index is -0.868. The van der Waals surface area contributed by atoms with E-state index in [2.05, 4.69) is 16.0 Å². The van der Waals surface area contributed by atoms with Gasteiger partial charge in [-0.2, -0.15) is 5.26 Å². The lowest BCUT2D eigenvalue weighted by atomic mass is 10.2. The predicted molar refractivity (Wildman–Crippen MR) is 103 cm³/mol. The number of rotatable bonds is 4. The van der Waals surface area contributed by atoms with E-state index in [1.165, 1.54) is 0 Å². The maximum Gasteiger partial charge on any atom is 0.409 e. The summed E-state index contributed by atoms with van der Waals surface area (Å²) in [5, 5.41) is 8.84. The highest BCUT2D eigenvalue weighted by Crippen LogP contribution is 2.27. The zero-order chi connectivity index (χ0) is 19.5. The van der Waals surface area contributed by atoms with Crippen LogP contribution in [0, 0.1) is 11.3 Å². The number of carbonyl (C=O) groups is 1.